The van der Waals surface area contributed by atoms with Crippen molar-refractivity contribution in [3.05, 3.63) is 53.3 Å². The van der Waals surface area contributed by atoms with Gasteiger partial charge in [0.15, 0.2) is 0 Å². The number of carbonyl (C=O) groups excluding carboxylic acids is 1. The zero-order chi connectivity index (χ0) is 15.2. The quantitative estimate of drug-likeness (QED) is 0.826. The van der Waals surface area contributed by atoms with Crippen molar-refractivity contribution in [3.8, 4) is 5.75 Å². The lowest BCUT2D eigenvalue weighted by atomic mass is 10.1. The van der Waals surface area contributed by atoms with Crippen LogP contribution in [0.1, 0.15) is 28.7 Å². The molecule has 21 heavy (non-hydrogen) atoms. The van der Waals surface area contributed by atoms with Gasteiger partial charge in [-0.05, 0) is 44.2 Å². The first-order valence-electron chi connectivity index (χ1n) is 6.83. The lowest BCUT2D eigenvalue weighted by Crippen LogP contribution is -2.23. The molecule has 0 saturated heterocycles. The fourth-order valence-electron chi connectivity index (χ4n) is 1.95. The molecule has 0 bridgehead atoms. The standard InChI is InChI=1S/C16H19N3O2/c1-3-21-15-8-7-12(9-14(15)17)16(20)18-10-13-6-4-5-11(2)19-13/h4-9H,3,10,17H2,1-2H3,(H,18,20). The van der Waals surface area contributed by atoms with Crippen LogP contribution in [0.5, 0.6) is 5.75 Å². The van der Waals surface area contributed by atoms with Gasteiger partial charge in [0.25, 0.3) is 5.91 Å². The van der Waals surface area contributed by atoms with Crippen molar-refractivity contribution in [2.75, 3.05) is 12.3 Å². The summed E-state index contributed by atoms with van der Waals surface area (Å²) in [5, 5.41) is 2.82. The number of aromatic nitrogens is 1. The molecule has 1 aromatic carbocycles. The Hall–Kier alpha value is -2.56. The highest BCUT2D eigenvalue weighted by Gasteiger charge is 2.09. The van der Waals surface area contributed by atoms with Crippen LogP contribution < -0.4 is 15.8 Å². The van der Waals surface area contributed by atoms with Gasteiger partial charge in [0.1, 0.15) is 5.75 Å². The number of carbonyl (C=O) groups is 1. The molecule has 0 unspecified atom stereocenters. The van der Waals surface area contributed by atoms with Crippen molar-refractivity contribution in [2.45, 2.75) is 20.4 Å². The summed E-state index contributed by atoms with van der Waals surface area (Å²) in [7, 11) is 0. The molecule has 1 heterocycles. The number of hydrogen-bond acceptors (Lipinski definition) is 4. The molecule has 0 aliphatic heterocycles. The second kappa shape index (κ2) is 6.74. The number of nitrogens with one attached hydrogen (secondary N) is 1. The topological polar surface area (TPSA) is 77.2 Å². The van der Waals surface area contributed by atoms with Gasteiger partial charge in [-0.2, -0.15) is 0 Å². The molecule has 0 atom stereocenters. The van der Waals surface area contributed by atoms with Crippen LogP contribution in [-0.2, 0) is 6.54 Å². The first-order valence-corrected chi connectivity index (χ1v) is 6.83. The zero-order valence-corrected chi connectivity index (χ0v) is 12.2. The van der Waals surface area contributed by atoms with E-state index in [2.05, 4.69) is 10.3 Å². The van der Waals surface area contributed by atoms with Gasteiger partial charge in [-0.25, -0.2) is 0 Å². The molecular weight excluding hydrogens is 266 g/mol. The van der Waals surface area contributed by atoms with Gasteiger partial charge < -0.3 is 15.8 Å². The van der Waals surface area contributed by atoms with E-state index in [-0.39, 0.29) is 5.91 Å². The molecule has 1 aromatic heterocycles. The van der Waals surface area contributed by atoms with Gasteiger partial charge in [0, 0.05) is 11.3 Å². The first kappa shape index (κ1) is 14.8. The Morgan fingerprint density at radius 2 is 2.14 bits per heavy atom. The molecule has 0 radical (unpaired) electrons. The van der Waals surface area contributed by atoms with Crippen molar-refractivity contribution in [1.82, 2.24) is 10.3 Å². The maximum absolute atomic E-state index is 12.1. The van der Waals surface area contributed by atoms with E-state index in [1.54, 1.807) is 18.2 Å². The van der Waals surface area contributed by atoms with Crippen LogP contribution in [0.15, 0.2) is 36.4 Å². The van der Waals surface area contributed by atoms with Crippen LogP contribution in [0.3, 0.4) is 0 Å². The smallest absolute Gasteiger partial charge is 0.251 e. The number of ether oxygens (including phenoxy) is 1. The van der Waals surface area contributed by atoms with Crippen LogP contribution >= 0.6 is 0 Å². The summed E-state index contributed by atoms with van der Waals surface area (Å²) in [4.78, 5) is 16.4. The first-order chi connectivity index (χ1) is 10.1. The molecule has 5 heteroatoms. The lowest BCUT2D eigenvalue weighted by Gasteiger charge is -2.09. The van der Waals surface area contributed by atoms with E-state index < -0.39 is 0 Å². The molecule has 110 valence electrons. The van der Waals surface area contributed by atoms with Gasteiger partial charge in [-0.1, -0.05) is 6.07 Å². The Bertz CT molecular complexity index is 641. The van der Waals surface area contributed by atoms with Crippen LogP contribution in [0, 0.1) is 6.92 Å². The van der Waals surface area contributed by atoms with E-state index in [4.69, 9.17) is 10.5 Å². The lowest BCUT2D eigenvalue weighted by molar-refractivity contribution is 0.0950. The number of rotatable bonds is 5. The van der Waals surface area contributed by atoms with Gasteiger partial charge in [-0.3, -0.25) is 9.78 Å². The number of hydrogen-bond donors (Lipinski definition) is 2. The molecule has 1 amide bonds. The van der Waals surface area contributed by atoms with Gasteiger partial charge >= 0.3 is 0 Å². The Kier molecular flexibility index (Phi) is 4.77. The minimum absolute atomic E-state index is 0.187. The zero-order valence-electron chi connectivity index (χ0n) is 12.2. The highest BCUT2D eigenvalue weighted by atomic mass is 16.5. The third-order valence-corrected chi connectivity index (χ3v) is 2.95. The maximum Gasteiger partial charge on any atom is 0.251 e. The van der Waals surface area contributed by atoms with Gasteiger partial charge in [0.2, 0.25) is 0 Å². The summed E-state index contributed by atoms with van der Waals surface area (Å²) in [6, 6.07) is 10.7. The third kappa shape index (κ3) is 3.95. The molecule has 0 aliphatic carbocycles. The summed E-state index contributed by atoms with van der Waals surface area (Å²) in [6.45, 7) is 4.72. The van der Waals surface area contributed by atoms with Crippen LogP contribution in [-0.4, -0.2) is 17.5 Å². The average molecular weight is 285 g/mol. The highest BCUT2D eigenvalue weighted by Crippen LogP contribution is 2.22. The fourth-order valence-corrected chi connectivity index (χ4v) is 1.95. The third-order valence-electron chi connectivity index (χ3n) is 2.95. The summed E-state index contributed by atoms with van der Waals surface area (Å²) >= 11 is 0. The van der Waals surface area contributed by atoms with Crippen molar-refractivity contribution in [2.24, 2.45) is 0 Å². The molecule has 0 saturated carbocycles. The molecular formula is C16H19N3O2. The maximum atomic E-state index is 12.1. The second-order valence-electron chi connectivity index (χ2n) is 4.64. The summed E-state index contributed by atoms with van der Waals surface area (Å²) in [5.74, 6) is 0.405. The fraction of sp³-hybridized carbons (Fsp3) is 0.250. The predicted octanol–water partition coefficient (Wildman–Crippen LogP) is 2.30. The molecule has 0 spiro atoms. The summed E-state index contributed by atoms with van der Waals surface area (Å²) in [6.07, 6.45) is 0. The van der Waals surface area contributed by atoms with Gasteiger partial charge in [-0.15, -0.1) is 0 Å². The van der Waals surface area contributed by atoms with Crippen molar-refractivity contribution in [1.29, 1.82) is 0 Å². The van der Waals surface area contributed by atoms with E-state index in [1.165, 1.54) is 0 Å². The highest BCUT2D eigenvalue weighted by molar-refractivity contribution is 5.95. The predicted molar refractivity (Wildman–Crippen MR) is 82.2 cm³/mol. The molecule has 3 N–H and O–H groups in total. The number of benzene rings is 1. The largest absolute Gasteiger partial charge is 0.492 e. The number of nitrogen functional groups attached to an aromatic ring is 1. The van der Waals surface area contributed by atoms with E-state index >= 15 is 0 Å². The molecule has 0 aliphatic rings. The van der Waals surface area contributed by atoms with Crippen molar-refractivity contribution in [3.63, 3.8) is 0 Å². The molecule has 2 rings (SSSR count). The minimum atomic E-state index is -0.187. The molecule has 2 aromatic rings. The molecule has 0 fully saturated rings. The number of amides is 1. The van der Waals surface area contributed by atoms with Crippen LogP contribution in [0.25, 0.3) is 0 Å². The Morgan fingerprint density at radius 1 is 1.33 bits per heavy atom. The average Bonchev–Trinajstić information content (AvgIpc) is 2.47. The van der Waals surface area contributed by atoms with Crippen molar-refractivity contribution >= 4 is 11.6 Å². The van der Waals surface area contributed by atoms with E-state index in [0.29, 0.717) is 30.2 Å². The van der Waals surface area contributed by atoms with Gasteiger partial charge in [0.05, 0.1) is 24.5 Å². The SMILES string of the molecule is CCOc1ccc(C(=O)NCc2cccc(C)n2)cc1N. The van der Waals surface area contributed by atoms with Crippen LogP contribution in [0.4, 0.5) is 5.69 Å². The number of nitrogens with two attached hydrogens (primary N) is 1. The normalized spacial score (nSPS) is 10.2. The van der Waals surface area contributed by atoms with Crippen LogP contribution in [0.2, 0.25) is 0 Å². The van der Waals surface area contributed by atoms with Crippen molar-refractivity contribution < 1.29 is 9.53 Å². The number of pyridine rings is 1. The number of nitrogens with zero attached hydrogens (tertiary/aromatic N) is 1. The van der Waals surface area contributed by atoms with E-state index in [0.717, 1.165) is 11.4 Å². The second-order valence-corrected chi connectivity index (χ2v) is 4.64. The monoisotopic (exact) mass is 285 g/mol. The Balaban J connectivity index is 2.02. The van der Waals surface area contributed by atoms with E-state index in [9.17, 15) is 4.79 Å². The number of aryl methyl sites for hydroxylation is 1. The summed E-state index contributed by atoms with van der Waals surface area (Å²) in [5.41, 5.74) is 8.56. The Morgan fingerprint density at radius 3 is 2.81 bits per heavy atom. The summed E-state index contributed by atoms with van der Waals surface area (Å²) < 4.78 is 5.35. The van der Waals surface area contributed by atoms with E-state index in [1.807, 2.05) is 32.0 Å². The molecule has 5 nitrogen and oxygen atoms in total. The number of anilines is 1. The Labute approximate surface area is 124 Å². The minimum Gasteiger partial charge on any atom is -0.492 e.